The lowest BCUT2D eigenvalue weighted by atomic mass is 10.1. The molecule has 0 atom stereocenters. The number of benzene rings is 2. The Morgan fingerprint density at radius 3 is 2.48 bits per heavy atom. The molecule has 6 heteroatoms. The Kier molecular flexibility index (Phi) is 5.79. The second kappa shape index (κ2) is 8.82. The van der Waals surface area contributed by atoms with E-state index in [1.807, 2.05) is 54.7 Å². The zero-order chi connectivity index (χ0) is 20.1. The molecule has 0 radical (unpaired) electrons. The maximum atomic E-state index is 12.2. The smallest absolute Gasteiger partial charge is 0.313 e. The number of piperidine rings is 1. The van der Waals surface area contributed by atoms with Gasteiger partial charge in [-0.1, -0.05) is 18.2 Å². The molecule has 0 aliphatic carbocycles. The Bertz CT molecular complexity index is 988. The molecule has 2 heterocycles. The monoisotopic (exact) mass is 390 g/mol. The zero-order valence-corrected chi connectivity index (χ0v) is 16.4. The summed E-state index contributed by atoms with van der Waals surface area (Å²) >= 11 is 0. The van der Waals surface area contributed by atoms with E-state index in [9.17, 15) is 9.59 Å². The van der Waals surface area contributed by atoms with Crippen LogP contribution in [0.2, 0.25) is 0 Å². The second-order valence-corrected chi connectivity index (χ2v) is 7.41. The fraction of sp³-hybridized carbons (Fsp3) is 0.304. The number of carbonyl (C=O) groups is 2. The molecule has 29 heavy (non-hydrogen) atoms. The van der Waals surface area contributed by atoms with Gasteiger partial charge in [0.2, 0.25) is 0 Å². The third-order valence-electron chi connectivity index (χ3n) is 5.41. The second-order valence-electron chi connectivity index (χ2n) is 7.41. The summed E-state index contributed by atoms with van der Waals surface area (Å²) in [5, 5.41) is 6.50. The number of amides is 2. The third-order valence-corrected chi connectivity index (χ3v) is 5.41. The average molecular weight is 390 g/mol. The lowest BCUT2D eigenvalue weighted by Gasteiger charge is -2.28. The van der Waals surface area contributed by atoms with E-state index >= 15 is 0 Å². The predicted molar refractivity (Wildman–Crippen MR) is 116 cm³/mol. The van der Waals surface area contributed by atoms with Crippen molar-refractivity contribution in [2.45, 2.75) is 25.7 Å². The van der Waals surface area contributed by atoms with Crippen molar-refractivity contribution >= 4 is 34.1 Å². The Morgan fingerprint density at radius 1 is 0.931 bits per heavy atom. The summed E-state index contributed by atoms with van der Waals surface area (Å²) in [7, 11) is 0. The third kappa shape index (κ3) is 4.59. The van der Waals surface area contributed by atoms with Gasteiger partial charge in [-0.2, -0.15) is 0 Å². The maximum Gasteiger partial charge on any atom is 0.313 e. The summed E-state index contributed by atoms with van der Waals surface area (Å²) in [6, 6.07) is 15.7. The van der Waals surface area contributed by atoms with Gasteiger partial charge in [0.1, 0.15) is 0 Å². The number of fused-ring (bicyclic) bond motifs is 1. The zero-order valence-electron chi connectivity index (χ0n) is 16.4. The summed E-state index contributed by atoms with van der Waals surface area (Å²) in [6.07, 6.45) is 6.34. The van der Waals surface area contributed by atoms with Crippen molar-refractivity contribution < 1.29 is 9.59 Å². The van der Waals surface area contributed by atoms with E-state index < -0.39 is 11.8 Å². The number of hydrogen-bond acceptors (Lipinski definition) is 3. The van der Waals surface area contributed by atoms with Crippen LogP contribution in [0.25, 0.3) is 10.9 Å². The van der Waals surface area contributed by atoms with E-state index in [0.717, 1.165) is 35.2 Å². The molecule has 6 nitrogen and oxygen atoms in total. The minimum atomic E-state index is -0.644. The van der Waals surface area contributed by atoms with E-state index in [2.05, 4.69) is 20.5 Å². The van der Waals surface area contributed by atoms with Gasteiger partial charge >= 0.3 is 11.8 Å². The Hall–Kier alpha value is -3.28. The summed E-state index contributed by atoms with van der Waals surface area (Å²) < 4.78 is 0. The van der Waals surface area contributed by atoms with Crippen LogP contribution < -0.4 is 15.5 Å². The molecule has 3 aromatic rings. The minimum Gasteiger partial charge on any atom is -0.372 e. The van der Waals surface area contributed by atoms with Crippen molar-refractivity contribution in [3.8, 4) is 0 Å². The fourth-order valence-corrected chi connectivity index (χ4v) is 3.82. The lowest BCUT2D eigenvalue weighted by molar-refractivity contribution is -0.136. The number of rotatable bonds is 5. The first-order valence-electron chi connectivity index (χ1n) is 10.2. The molecule has 150 valence electrons. The number of nitrogens with zero attached hydrogens (tertiary/aromatic N) is 1. The van der Waals surface area contributed by atoms with E-state index in [1.165, 1.54) is 19.3 Å². The highest BCUT2D eigenvalue weighted by Gasteiger charge is 2.15. The Morgan fingerprint density at radius 2 is 1.69 bits per heavy atom. The standard InChI is InChI=1S/C23H26N4O2/c28-22(24-13-12-17-16-25-21-7-3-2-6-20(17)21)23(29)26-18-8-10-19(11-9-18)27-14-4-1-5-15-27/h2-3,6-11,16,25H,1,4-5,12-15H2,(H,24,28)(H,26,29). The molecular formula is C23H26N4O2. The van der Waals surface area contributed by atoms with Crippen LogP contribution in [0.15, 0.2) is 54.7 Å². The molecule has 3 N–H and O–H groups in total. The van der Waals surface area contributed by atoms with Crippen LogP contribution in [-0.2, 0) is 16.0 Å². The predicted octanol–water partition coefficient (Wildman–Crippen LogP) is 3.46. The topological polar surface area (TPSA) is 77.2 Å². The van der Waals surface area contributed by atoms with Gasteiger partial charge in [0.15, 0.2) is 0 Å². The van der Waals surface area contributed by atoms with Gasteiger partial charge in [-0.25, -0.2) is 0 Å². The van der Waals surface area contributed by atoms with Crippen LogP contribution >= 0.6 is 0 Å². The SMILES string of the molecule is O=C(NCCc1c[nH]c2ccccc12)C(=O)Nc1ccc(N2CCCCC2)cc1. The summed E-state index contributed by atoms with van der Waals surface area (Å²) in [4.78, 5) is 29.8. The van der Waals surface area contributed by atoms with Crippen molar-refractivity contribution in [2.24, 2.45) is 0 Å². The highest BCUT2D eigenvalue weighted by molar-refractivity contribution is 6.39. The Balaban J connectivity index is 1.26. The van der Waals surface area contributed by atoms with Crippen LogP contribution in [0.5, 0.6) is 0 Å². The molecule has 1 aromatic heterocycles. The minimum absolute atomic E-state index is 0.405. The highest BCUT2D eigenvalue weighted by atomic mass is 16.2. The number of H-pyrrole nitrogens is 1. The molecule has 2 aromatic carbocycles. The van der Waals surface area contributed by atoms with Gasteiger partial charge in [0.25, 0.3) is 0 Å². The summed E-state index contributed by atoms with van der Waals surface area (Å²) in [5.74, 6) is -1.26. The van der Waals surface area contributed by atoms with Gasteiger partial charge in [-0.05, 0) is 61.6 Å². The fourth-order valence-electron chi connectivity index (χ4n) is 3.82. The number of carbonyl (C=O) groups excluding carboxylic acids is 2. The number of nitrogens with one attached hydrogen (secondary N) is 3. The normalized spacial score (nSPS) is 14.0. The molecular weight excluding hydrogens is 364 g/mol. The van der Waals surface area contributed by atoms with E-state index in [0.29, 0.717) is 18.7 Å². The van der Waals surface area contributed by atoms with E-state index in [-0.39, 0.29) is 0 Å². The van der Waals surface area contributed by atoms with Crippen molar-refractivity contribution in [1.29, 1.82) is 0 Å². The molecule has 1 aliphatic heterocycles. The molecule has 1 aliphatic rings. The molecule has 2 amide bonds. The first-order chi connectivity index (χ1) is 14.2. The molecule has 0 saturated carbocycles. The van der Waals surface area contributed by atoms with Gasteiger partial charge in [-0.15, -0.1) is 0 Å². The van der Waals surface area contributed by atoms with Gasteiger partial charge in [0, 0.05) is 48.1 Å². The number of anilines is 2. The summed E-state index contributed by atoms with van der Waals surface area (Å²) in [6.45, 7) is 2.55. The number of para-hydroxylation sites is 1. The summed E-state index contributed by atoms with van der Waals surface area (Å²) in [5.41, 5.74) is 3.97. The van der Waals surface area contributed by atoms with Crippen molar-refractivity contribution in [3.05, 3.63) is 60.3 Å². The quantitative estimate of drug-likeness (QED) is 0.584. The molecule has 0 spiro atoms. The molecule has 0 unspecified atom stereocenters. The lowest BCUT2D eigenvalue weighted by Crippen LogP contribution is -2.36. The van der Waals surface area contributed by atoms with E-state index in [1.54, 1.807) is 0 Å². The van der Waals surface area contributed by atoms with Gasteiger partial charge < -0.3 is 20.5 Å². The van der Waals surface area contributed by atoms with Crippen molar-refractivity contribution in [1.82, 2.24) is 10.3 Å². The van der Waals surface area contributed by atoms with Gasteiger partial charge in [-0.3, -0.25) is 9.59 Å². The average Bonchev–Trinajstić information content (AvgIpc) is 3.18. The number of hydrogen-bond donors (Lipinski definition) is 3. The first kappa shape index (κ1) is 19.1. The van der Waals surface area contributed by atoms with E-state index in [4.69, 9.17) is 0 Å². The molecule has 1 saturated heterocycles. The number of aromatic nitrogens is 1. The highest BCUT2D eigenvalue weighted by Crippen LogP contribution is 2.22. The van der Waals surface area contributed by atoms with Crippen molar-refractivity contribution in [3.63, 3.8) is 0 Å². The van der Waals surface area contributed by atoms with Crippen molar-refractivity contribution in [2.75, 3.05) is 29.9 Å². The van der Waals surface area contributed by atoms with Crippen LogP contribution in [0, 0.1) is 0 Å². The molecule has 1 fully saturated rings. The molecule has 4 rings (SSSR count). The van der Waals surface area contributed by atoms with Crippen LogP contribution in [0.1, 0.15) is 24.8 Å². The van der Waals surface area contributed by atoms with Crippen LogP contribution in [-0.4, -0.2) is 36.4 Å². The maximum absolute atomic E-state index is 12.2. The largest absolute Gasteiger partial charge is 0.372 e. The Labute approximate surface area is 170 Å². The van der Waals surface area contributed by atoms with Gasteiger partial charge in [0.05, 0.1) is 0 Å². The van der Waals surface area contributed by atoms with Crippen LogP contribution in [0.4, 0.5) is 11.4 Å². The first-order valence-corrected chi connectivity index (χ1v) is 10.2. The number of aromatic amines is 1. The molecule has 0 bridgehead atoms. The van der Waals surface area contributed by atoms with Crippen LogP contribution in [0.3, 0.4) is 0 Å².